The summed E-state index contributed by atoms with van der Waals surface area (Å²) in [5, 5.41) is 0. The van der Waals surface area contributed by atoms with Gasteiger partial charge in [-0.15, -0.1) is 0 Å². The van der Waals surface area contributed by atoms with Crippen LogP contribution in [0.15, 0.2) is 22.8 Å². The van der Waals surface area contributed by atoms with Gasteiger partial charge in [-0.05, 0) is 48.0 Å². The number of anilines is 1. The van der Waals surface area contributed by atoms with Crippen molar-refractivity contribution in [1.29, 1.82) is 0 Å². The Morgan fingerprint density at radius 2 is 2.29 bits per heavy atom. The lowest BCUT2D eigenvalue weighted by atomic mass is 10.3. The molecule has 0 aliphatic rings. The zero-order valence-electron chi connectivity index (χ0n) is 8.41. The minimum absolute atomic E-state index is 0.729. The zero-order chi connectivity index (χ0) is 10.4. The first kappa shape index (κ1) is 11.5. The molecule has 1 aromatic rings. The Bertz CT molecular complexity index is 261. The first-order valence-corrected chi connectivity index (χ1v) is 5.63. The van der Waals surface area contributed by atoms with Crippen molar-refractivity contribution in [3.8, 4) is 0 Å². The van der Waals surface area contributed by atoms with Crippen molar-refractivity contribution in [3.05, 3.63) is 22.8 Å². The van der Waals surface area contributed by atoms with Gasteiger partial charge in [0.1, 0.15) is 5.82 Å². The number of rotatable bonds is 5. The molecule has 2 N–H and O–H groups in total. The van der Waals surface area contributed by atoms with Crippen LogP contribution in [-0.2, 0) is 0 Å². The molecular formula is C10H16BrN3. The van der Waals surface area contributed by atoms with Crippen molar-refractivity contribution in [2.45, 2.75) is 13.3 Å². The number of nitrogens with zero attached hydrogens (tertiary/aromatic N) is 2. The van der Waals surface area contributed by atoms with Crippen molar-refractivity contribution in [3.63, 3.8) is 0 Å². The predicted molar refractivity (Wildman–Crippen MR) is 63.5 cm³/mol. The smallest absolute Gasteiger partial charge is 0.128 e. The Kier molecular flexibility index (Phi) is 4.90. The fraction of sp³-hybridized carbons (Fsp3) is 0.500. The van der Waals surface area contributed by atoms with Gasteiger partial charge in [0, 0.05) is 23.8 Å². The lowest BCUT2D eigenvalue weighted by Crippen LogP contribution is -2.26. The Labute approximate surface area is 93.4 Å². The maximum absolute atomic E-state index is 5.48. The van der Waals surface area contributed by atoms with Gasteiger partial charge >= 0.3 is 0 Å². The third kappa shape index (κ3) is 3.27. The number of hydrogen-bond donors (Lipinski definition) is 1. The minimum Gasteiger partial charge on any atom is -0.357 e. The Morgan fingerprint density at radius 3 is 2.79 bits per heavy atom. The van der Waals surface area contributed by atoms with Crippen LogP contribution in [0.5, 0.6) is 0 Å². The maximum atomic E-state index is 5.48. The number of nitrogens with two attached hydrogens (primary N) is 1. The maximum Gasteiger partial charge on any atom is 0.128 e. The average Bonchev–Trinajstić information content (AvgIpc) is 2.21. The van der Waals surface area contributed by atoms with E-state index in [0.717, 1.165) is 36.3 Å². The van der Waals surface area contributed by atoms with Crippen molar-refractivity contribution >= 4 is 21.7 Å². The van der Waals surface area contributed by atoms with Gasteiger partial charge in [0.15, 0.2) is 0 Å². The number of pyridine rings is 1. The van der Waals surface area contributed by atoms with Crippen LogP contribution >= 0.6 is 15.9 Å². The quantitative estimate of drug-likeness (QED) is 0.878. The van der Waals surface area contributed by atoms with Crippen molar-refractivity contribution < 1.29 is 0 Å². The van der Waals surface area contributed by atoms with Crippen LogP contribution in [0.2, 0.25) is 0 Å². The van der Waals surface area contributed by atoms with Crippen molar-refractivity contribution in [1.82, 2.24) is 4.98 Å². The van der Waals surface area contributed by atoms with Crippen molar-refractivity contribution in [2.24, 2.45) is 5.73 Å². The van der Waals surface area contributed by atoms with Gasteiger partial charge in [0.2, 0.25) is 0 Å². The van der Waals surface area contributed by atoms with Crippen LogP contribution in [0.3, 0.4) is 0 Å². The predicted octanol–water partition coefficient (Wildman–Crippen LogP) is 2.02. The Hall–Kier alpha value is -0.610. The monoisotopic (exact) mass is 257 g/mol. The van der Waals surface area contributed by atoms with E-state index in [9.17, 15) is 0 Å². The van der Waals surface area contributed by atoms with Crippen LogP contribution in [0.4, 0.5) is 5.82 Å². The molecule has 0 spiro atoms. The molecule has 1 aromatic heterocycles. The summed E-state index contributed by atoms with van der Waals surface area (Å²) < 4.78 is 1.01. The third-order valence-corrected chi connectivity index (χ3v) is 2.52. The van der Waals surface area contributed by atoms with Gasteiger partial charge in [-0.2, -0.15) is 0 Å². The Morgan fingerprint density at radius 1 is 1.50 bits per heavy atom. The molecule has 0 aromatic carbocycles. The summed E-state index contributed by atoms with van der Waals surface area (Å²) in [6.45, 7) is 4.80. The van der Waals surface area contributed by atoms with E-state index in [-0.39, 0.29) is 0 Å². The SMILES string of the molecule is CCN(CCCN)c1ccc(Br)cn1. The second-order valence-electron chi connectivity index (χ2n) is 3.06. The number of halogens is 1. The van der Waals surface area contributed by atoms with E-state index < -0.39 is 0 Å². The summed E-state index contributed by atoms with van der Waals surface area (Å²) >= 11 is 3.37. The average molecular weight is 258 g/mol. The molecule has 14 heavy (non-hydrogen) atoms. The second kappa shape index (κ2) is 5.98. The van der Waals surface area contributed by atoms with Gasteiger partial charge in [-0.25, -0.2) is 4.98 Å². The largest absolute Gasteiger partial charge is 0.357 e. The number of aromatic nitrogens is 1. The molecule has 0 radical (unpaired) electrons. The summed E-state index contributed by atoms with van der Waals surface area (Å²) in [5.74, 6) is 1.02. The molecule has 0 fully saturated rings. The molecule has 78 valence electrons. The highest BCUT2D eigenvalue weighted by Gasteiger charge is 2.03. The normalized spacial score (nSPS) is 10.2. The van der Waals surface area contributed by atoms with Gasteiger partial charge in [-0.3, -0.25) is 0 Å². The first-order valence-electron chi connectivity index (χ1n) is 4.84. The van der Waals surface area contributed by atoms with Gasteiger partial charge in [-0.1, -0.05) is 0 Å². The lowest BCUT2D eigenvalue weighted by molar-refractivity contribution is 0.745. The van der Waals surface area contributed by atoms with Crippen LogP contribution in [0.1, 0.15) is 13.3 Å². The minimum atomic E-state index is 0.729. The fourth-order valence-electron chi connectivity index (χ4n) is 1.27. The molecule has 3 nitrogen and oxygen atoms in total. The fourth-order valence-corrected chi connectivity index (χ4v) is 1.51. The first-order chi connectivity index (χ1) is 6.77. The van der Waals surface area contributed by atoms with Gasteiger partial charge in [0.05, 0.1) is 0 Å². The molecule has 1 heterocycles. The summed E-state index contributed by atoms with van der Waals surface area (Å²) in [6, 6.07) is 4.03. The van der Waals surface area contributed by atoms with Gasteiger partial charge < -0.3 is 10.6 Å². The van der Waals surface area contributed by atoms with E-state index in [1.165, 1.54) is 0 Å². The van der Waals surface area contributed by atoms with E-state index in [1.807, 2.05) is 18.3 Å². The molecule has 0 aliphatic carbocycles. The summed E-state index contributed by atoms with van der Waals surface area (Å²) in [4.78, 5) is 6.56. The summed E-state index contributed by atoms with van der Waals surface area (Å²) in [5.41, 5.74) is 5.48. The van der Waals surface area contributed by atoms with E-state index >= 15 is 0 Å². The molecule has 0 amide bonds. The summed E-state index contributed by atoms with van der Waals surface area (Å²) in [7, 11) is 0. The molecule has 0 saturated carbocycles. The third-order valence-electron chi connectivity index (χ3n) is 2.05. The standard InChI is InChI=1S/C10H16BrN3/c1-2-14(7-3-6-12)10-5-4-9(11)8-13-10/h4-5,8H,2-3,6-7,12H2,1H3. The second-order valence-corrected chi connectivity index (χ2v) is 3.97. The van der Waals surface area contributed by atoms with Crippen molar-refractivity contribution in [2.75, 3.05) is 24.5 Å². The van der Waals surface area contributed by atoms with E-state index in [2.05, 4.69) is 32.7 Å². The molecule has 0 atom stereocenters. The van der Waals surface area contributed by atoms with Gasteiger partial charge in [0.25, 0.3) is 0 Å². The molecule has 0 aliphatic heterocycles. The molecule has 1 rings (SSSR count). The molecule has 0 unspecified atom stereocenters. The van der Waals surface area contributed by atoms with E-state index in [4.69, 9.17) is 5.73 Å². The molecular weight excluding hydrogens is 242 g/mol. The van der Waals surface area contributed by atoms with Crippen LogP contribution < -0.4 is 10.6 Å². The highest BCUT2D eigenvalue weighted by atomic mass is 79.9. The topological polar surface area (TPSA) is 42.1 Å². The number of hydrogen-bond acceptors (Lipinski definition) is 3. The molecule has 4 heteroatoms. The molecule has 0 bridgehead atoms. The van der Waals surface area contributed by atoms with E-state index in [0.29, 0.717) is 0 Å². The highest BCUT2D eigenvalue weighted by molar-refractivity contribution is 9.10. The Balaban J connectivity index is 2.64. The zero-order valence-corrected chi connectivity index (χ0v) is 10.00. The van der Waals surface area contributed by atoms with E-state index in [1.54, 1.807) is 0 Å². The van der Waals surface area contributed by atoms with Crippen LogP contribution in [0.25, 0.3) is 0 Å². The molecule has 0 saturated heterocycles. The van der Waals surface area contributed by atoms with Crippen LogP contribution in [0, 0.1) is 0 Å². The van der Waals surface area contributed by atoms with Crippen LogP contribution in [-0.4, -0.2) is 24.6 Å². The highest BCUT2D eigenvalue weighted by Crippen LogP contribution is 2.14. The summed E-state index contributed by atoms with van der Waals surface area (Å²) in [6.07, 6.45) is 2.83. The lowest BCUT2D eigenvalue weighted by Gasteiger charge is -2.21.